The van der Waals surface area contributed by atoms with Gasteiger partial charge in [0.25, 0.3) is 0 Å². The van der Waals surface area contributed by atoms with E-state index in [9.17, 15) is 0 Å². The monoisotopic (exact) mass is 159 g/mol. The third-order valence-electron chi connectivity index (χ3n) is 0.995. The normalized spacial score (nSPS) is 13.1. The van der Waals surface area contributed by atoms with Crippen molar-refractivity contribution in [1.82, 2.24) is 0 Å². The maximum atomic E-state index is 8.66. The molecule has 0 bridgehead atoms. The van der Waals surface area contributed by atoms with E-state index in [0.29, 0.717) is 0 Å². The van der Waals surface area contributed by atoms with E-state index in [4.69, 9.17) is 13.7 Å². The molecule has 0 aromatic heterocycles. The molecule has 0 aliphatic rings. The van der Waals surface area contributed by atoms with Crippen molar-refractivity contribution in [3.8, 4) is 0 Å². The Bertz CT molecular complexity index is 204. The zero-order chi connectivity index (χ0) is 7.61. The van der Waals surface area contributed by atoms with E-state index < -0.39 is 10.9 Å². The Hall–Kier alpha value is -0.550. The van der Waals surface area contributed by atoms with Gasteiger partial charge in [0.2, 0.25) is 0 Å². The van der Waals surface area contributed by atoms with Crippen molar-refractivity contribution < 1.29 is 13.7 Å². The van der Waals surface area contributed by atoms with E-state index in [-0.39, 0.29) is 4.90 Å². The summed E-state index contributed by atoms with van der Waals surface area (Å²) >= 11 is 0. The van der Waals surface area contributed by atoms with Gasteiger partial charge >= 0.3 is 0 Å². The second-order valence-electron chi connectivity index (χ2n) is 1.76. The number of rotatable bonds is 1. The topological polar surface area (TPSA) is 60.7 Å². The second kappa shape index (κ2) is 2.59. The van der Waals surface area contributed by atoms with Gasteiger partial charge in [0.05, 0.1) is 4.90 Å². The first-order valence-corrected chi connectivity index (χ1v) is 4.08. The molecule has 4 heteroatoms. The molecule has 0 amide bonds. The summed E-state index contributed by atoms with van der Waals surface area (Å²) in [4.78, 5) is 0.0926. The molecule has 0 fully saturated rings. The van der Waals surface area contributed by atoms with E-state index in [0.717, 1.165) is 0 Å². The van der Waals surface area contributed by atoms with Gasteiger partial charge in [0, 0.05) is 0 Å². The molecular formula is C6H7O3S. The van der Waals surface area contributed by atoms with Crippen LogP contribution in [0, 0.1) is 6.07 Å². The molecule has 0 unspecified atom stereocenters. The molecule has 0 saturated carbocycles. The molecule has 0 heterocycles. The average Bonchev–Trinajstić information content (AvgIpc) is 1.88. The summed E-state index contributed by atoms with van der Waals surface area (Å²) in [6.45, 7) is 0. The highest BCUT2D eigenvalue weighted by atomic mass is 32.3. The minimum Gasteiger partial charge on any atom is -0.304 e. The first-order valence-electron chi connectivity index (χ1n) is 2.57. The Morgan fingerprint density at radius 3 is 2.30 bits per heavy atom. The lowest BCUT2D eigenvalue weighted by Gasteiger charge is -2.18. The van der Waals surface area contributed by atoms with Gasteiger partial charge in [-0.1, -0.05) is 12.1 Å². The Kier molecular flexibility index (Phi) is 1.96. The standard InChI is InChI=1S/C6H7O3S/c7-10(8,9)6-4-2-1-3-5-6/h1-2,4-5,7-9H. The van der Waals surface area contributed by atoms with E-state index >= 15 is 0 Å². The molecule has 0 spiro atoms. The smallest absolute Gasteiger partial charge is 0.112 e. The zero-order valence-corrected chi connectivity index (χ0v) is 5.88. The number of benzene rings is 1. The molecule has 1 aromatic rings. The fourth-order valence-electron chi connectivity index (χ4n) is 0.547. The van der Waals surface area contributed by atoms with Crippen molar-refractivity contribution in [2.45, 2.75) is 4.90 Å². The van der Waals surface area contributed by atoms with Crippen LogP contribution >= 0.6 is 10.9 Å². The number of hydrogen-bond acceptors (Lipinski definition) is 3. The Morgan fingerprint density at radius 1 is 1.30 bits per heavy atom. The number of hydrogen-bond donors (Lipinski definition) is 3. The van der Waals surface area contributed by atoms with Crippen molar-refractivity contribution >= 4 is 10.9 Å². The average molecular weight is 159 g/mol. The molecule has 0 atom stereocenters. The quantitative estimate of drug-likeness (QED) is 0.587. The fraction of sp³-hybridized carbons (Fsp3) is 0. The largest absolute Gasteiger partial charge is 0.304 e. The van der Waals surface area contributed by atoms with Gasteiger partial charge in [-0.25, -0.2) is 0 Å². The van der Waals surface area contributed by atoms with E-state index in [1.807, 2.05) is 0 Å². The van der Waals surface area contributed by atoms with E-state index in [2.05, 4.69) is 6.07 Å². The SMILES string of the molecule is OS(O)(O)c1c[c]ccc1. The van der Waals surface area contributed by atoms with Gasteiger partial charge in [-0.3, -0.25) is 0 Å². The van der Waals surface area contributed by atoms with Gasteiger partial charge < -0.3 is 13.7 Å². The van der Waals surface area contributed by atoms with Crippen LogP contribution in [0.2, 0.25) is 0 Å². The maximum absolute atomic E-state index is 8.66. The van der Waals surface area contributed by atoms with E-state index in [1.165, 1.54) is 12.1 Å². The van der Waals surface area contributed by atoms with E-state index in [1.54, 1.807) is 12.1 Å². The van der Waals surface area contributed by atoms with Crippen LogP contribution in [0.5, 0.6) is 0 Å². The second-order valence-corrected chi connectivity index (χ2v) is 3.27. The summed E-state index contributed by atoms with van der Waals surface area (Å²) < 4.78 is 26.0. The maximum Gasteiger partial charge on any atom is 0.112 e. The minimum absolute atomic E-state index is 0.0926. The van der Waals surface area contributed by atoms with Crippen LogP contribution in [0.25, 0.3) is 0 Å². The van der Waals surface area contributed by atoms with Crippen LogP contribution < -0.4 is 0 Å². The molecule has 0 saturated heterocycles. The Morgan fingerprint density at radius 2 is 2.00 bits per heavy atom. The van der Waals surface area contributed by atoms with Crippen LogP contribution in [0.3, 0.4) is 0 Å². The molecular weight excluding hydrogens is 152 g/mol. The van der Waals surface area contributed by atoms with Crippen LogP contribution in [0.15, 0.2) is 29.2 Å². The predicted molar refractivity (Wildman–Crippen MR) is 39.0 cm³/mol. The first kappa shape index (κ1) is 7.56. The van der Waals surface area contributed by atoms with Gasteiger partial charge in [0.15, 0.2) is 0 Å². The minimum atomic E-state index is -3.53. The molecule has 3 N–H and O–H groups in total. The van der Waals surface area contributed by atoms with Crippen LogP contribution in [0.1, 0.15) is 0 Å². The lowest BCUT2D eigenvalue weighted by atomic mass is 10.4. The van der Waals surface area contributed by atoms with Crippen molar-refractivity contribution in [2.24, 2.45) is 0 Å². The third-order valence-corrected chi connectivity index (χ3v) is 1.88. The van der Waals surface area contributed by atoms with Gasteiger partial charge in [-0.15, -0.1) is 0 Å². The lowest BCUT2D eigenvalue weighted by molar-refractivity contribution is 0.376. The molecule has 10 heavy (non-hydrogen) atoms. The van der Waals surface area contributed by atoms with Crippen molar-refractivity contribution in [1.29, 1.82) is 0 Å². The molecule has 0 aliphatic heterocycles. The third kappa shape index (κ3) is 1.71. The summed E-state index contributed by atoms with van der Waals surface area (Å²) in [7, 11) is -3.53. The molecule has 55 valence electrons. The van der Waals surface area contributed by atoms with Gasteiger partial charge in [0.1, 0.15) is 10.9 Å². The van der Waals surface area contributed by atoms with Crippen LogP contribution in [0.4, 0.5) is 0 Å². The summed E-state index contributed by atoms with van der Waals surface area (Å²) in [5.41, 5.74) is 0. The zero-order valence-electron chi connectivity index (χ0n) is 5.06. The van der Waals surface area contributed by atoms with Crippen molar-refractivity contribution in [3.05, 3.63) is 30.3 Å². The highest BCUT2D eigenvalue weighted by Crippen LogP contribution is 2.42. The lowest BCUT2D eigenvalue weighted by Crippen LogP contribution is -1.94. The molecule has 1 rings (SSSR count). The van der Waals surface area contributed by atoms with Gasteiger partial charge in [-0.05, 0) is 18.2 Å². The van der Waals surface area contributed by atoms with Crippen molar-refractivity contribution in [2.75, 3.05) is 0 Å². The summed E-state index contributed by atoms with van der Waals surface area (Å²) in [5.74, 6) is 0. The highest BCUT2D eigenvalue weighted by Gasteiger charge is 2.13. The van der Waals surface area contributed by atoms with Crippen LogP contribution in [-0.2, 0) is 0 Å². The molecule has 1 aromatic carbocycles. The summed E-state index contributed by atoms with van der Waals surface area (Å²) in [6.07, 6.45) is 0. The predicted octanol–water partition coefficient (Wildman–Crippen LogP) is 2.07. The Balaban J connectivity index is 2.97. The molecule has 0 aliphatic carbocycles. The van der Waals surface area contributed by atoms with Crippen LogP contribution in [-0.4, -0.2) is 13.7 Å². The summed E-state index contributed by atoms with van der Waals surface area (Å²) in [6, 6.07) is 8.53. The molecule has 3 nitrogen and oxygen atoms in total. The first-order chi connectivity index (χ1) is 4.61. The Labute approximate surface area is 60.5 Å². The molecule has 1 radical (unpaired) electrons. The fourth-order valence-corrected chi connectivity index (χ4v) is 1.03. The van der Waals surface area contributed by atoms with Crippen molar-refractivity contribution in [3.63, 3.8) is 0 Å². The summed E-state index contributed by atoms with van der Waals surface area (Å²) in [5, 5.41) is 0. The van der Waals surface area contributed by atoms with Gasteiger partial charge in [-0.2, -0.15) is 0 Å². The highest BCUT2D eigenvalue weighted by molar-refractivity contribution is 8.19.